The van der Waals surface area contributed by atoms with E-state index in [1.807, 2.05) is 18.6 Å². The lowest BCUT2D eigenvalue weighted by molar-refractivity contribution is 0.944. The van der Waals surface area contributed by atoms with Gasteiger partial charge in [0.25, 0.3) is 0 Å². The summed E-state index contributed by atoms with van der Waals surface area (Å²) in [6.07, 6.45) is 9.78. The molecule has 3 heteroatoms. The Morgan fingerprint density at radius 3 is 2.49 bits per heavy atom. The summed E-state index contributed by atoms with van der Waals surface area (Å²) in [6, 6.07) is 22.7. The number of rotatable bonds is 0. The van der Waals surface area contributed by atoms with Crippen LogP contribution in [0.2, 0.25) is 0 Å². The number of pyridine rings is 2. The average molecular weight is 448 g/mol. The molecular formula is C32H21N3. The average Bonchev–Trinajstić information content (AvgIpc) is 3.47. The van der Waals surface area contributed by atoms with Crippen LogP contribution in [0.5, 0.6) is 0 Å². The van der Waals surface area contributed by atoms with Gasteiger partial charge in [-0.15, -0.1) is 0 Å². The van der Waals surface area contributed by atoms with Crippen molar-refractivity contribution >= 4 is 17.1 Å². The van der Waals surface area contributed by atoms with Gasteiger partial charge in [0.15, 0.2) is 0 Å². The predicted molar refractivity (Wildman–Crippen MR) is 139 cm³/mol. The van der Waals surface area contributed by atoms with Crippen molar-refractivity contribution < 1.29 is 0 Å². The van der Waals surface area contributed by atoms with Crippen LogP contribution in [0.4, 0.5) is 17.1 Å². The highest BCUT2D eigenvalue weighted by molar-refractivity contribution is 5.94. The molecule has 3 aromatic carbocycles. The fourth-order valence-electron chi connectivity index (χ4n) is 7.06. The zero-order valence-corrected chi connectivity index (χ0v) is 19.2. The van der Waals surface area contributed by atoms with Gasteiger partial charge < -0.3 is 4.90 Å². The topological polar surface area (TPSA) is 29.0 Å². The van der Waals surface area contributed by atoms with Gasteiger partial charge in [0.1, 0.15) is 0 Å². The minimum Gasteiger partial charge on any atom is -0.308 e. The van der Waals surface area contributed by atoms with Crippen LogP contribution in [0.3, 0.4) is 0 Å². The summed E-state index contributed by atoms with van der Waals surface area (Å²) >= 11 is 0. The van der Waals surface area contributed by atoms with Crippen LogP contribution in [0, 0.1) is 0 Å². The van der Waals surface area contributed by atoms with Crippen molar-refractivity contribution in [2.24, 2.45) is 0 Å². The molecule has 35 heavy (non-hydrogen) atoms. The molecule has 0 saturated heterocycles. The number of hydrogen-bond donors (Lipinski definition) is 0. The Morgan fingerprint density at radius 1 is 0.571 bits per heavy atom. The molecule has 0 atom stereocenters. The molecule has 4 aliphatic rings. The highest BCUT2D eigenvalue weighted by atomic mass is 15.2. The fourth-order valence-corrected chi connectivity index (χ4v) is 7.06. The van der Waals surface area contributed by atoms with E-state index in [1.54, 1.807) is 0 Å². The lowest BCUT2D eigenvalue weighted by atomic mass is 9.86. The van der Waals surface area contributed by atoms with Crippen LogP contribution in [0.1, 0.15) is 44.6 Å². The molecule has 0 amide bonds. The summed E-state index contributed by atoms with van der Waals surface area (Å²) in [7, 11) is 0. The smallest absolute Gasteiger partial charge is 0.0716 e. The highest BCUT2D eigenvalue weighted by Crippen LogP contribution is 2.54. The van der Waals surface area contributed by atoms with E-state index in [9.17, 15) is 0 Å². The largest absolute Gasteiger partial charge is 0.308 e. The molecule has 164 valence electrons. The molecule has 0 saturated carbocycles. The lowest BCUT2D eigenvalue weighted by Gasteiger charge is -2.39. The van der Waals surface area contributed by atoms with Gasteiger partial charge in [-0.3, -0.25) is 9.97 Å². The van der Waals surface area contributed by atoms with Crippen LogP contribution >= 0.6 is 0 Å². The van der Waals surface area contributed by atoms with E-state index in [4.69, 9.17) is 4.98 Å². The van der Waals surface area contributed by atoms with E-state index >= 15 is 0 Å². The first-order valence-electron chi connectivity index (χ1n) is 12.4. The maximum atomic E-state index is 4.89. The zero-order chi connectivity index (χ0) is 22.7. The van der Waals surface area contributed by atoms with Crippen molar-refractivity contribution in [2.45, 2.75) is 25.7 Å². The third-order valence-corrected chi connectivity index (χ3v) is 8.51. The van der Waals surface area contributed by atoms with Crippen LogP contribution in [0.25, 0.3) is 22.3 Å². The molecule has 0 fully saturated rings. The molecule has 2 aromatic heterocycles. The van der Waals surface area contributed by atoms with Gasteiger partial charge >= 0.3 is 0 Å². The van der Waals surface area contributed by atoms with Crippen LogP contribution in [0.15, 0.2) is 79.3 Å². The second-order valence-corrected chi connectivity index (χ2v) is 10.2. The minimum absolute atomic E-state index is 0.898. The molecule has 4 heterocycles. The van der Waals surface area contributed by atoms with E-state index in [0.717, 1.165) is 25.7 Å². The summed E-state index contributed by atoms with van der Waals surface area (Å²) in [5.41, 5.74) is 20.7. The van der Waals surface area contributed by atoms with E-state index in [-0.39, 0.29) is 0 Å². The van der Waals surface area contributed by atoms with Gasteiger partial charge in [0.05, 0.1) is 22.8 Å². The molecule has 5 aromatic rings. The van der Waals surface area contributed by atoms with Gasteiger partial charge in [-0.05, 0) is 92.2 Å². The van der Waals surface area contributed by atoms with E-state index < -0.39 is 0 Å². The first-order chi connectivity index (χ1) is 17.3. The molecule has 0 bridgehead atoms. The van der Waals surface area contributed by atoms with E-state index in [2.05, 4.69) is 70.5 Å². The van der Waals surface area contributed by atoms with Crippen LogP contribution < -0.4 is 4.90 Å². The van der Waals surface area contributed by atoms with Crippen LogP contribution in [-0.2, 0) is 25.7 Å². The standard InChI is InChI=1S/C32H21N3/c1-2-4-22-18(3-1)14-27-23(22)6-5-19-15-25-24(31(19)27)7-8-30-26(25)16-28-32-20(9-12-34-28)13-21-17-33-11-10-29(21)35(30)32/h1-12,17H,13-16H2. The van der Waals surface area contributed by atoms with Crippen LogP contribution in [-0.4, -0.2) is 9.97 Å². The van der Waals surface area contributed by atoms with Gasteiger partial charge in [0, 0.05) is 31.4 Å². The number of anilines is 3. The Labute approximate surface area is 203 Å². The monoisotopic (exact) mass is 447 g/mol. The van der Waals surface area contributed by atoms with Crippen molar-refractivity contribution in [1.29, 1.82) is 0 Å². The molecule has 0 radical (unpaired) electrons. The van der Waals surface area contributed by atoms with Crippen molar-refractivity contribution in [2.75, 3.05) is 4.90 Å². The maximum absolute atomic E-state index is 4.89. The fraction of sp³-hybridized carbons (Fsp3) is 0.125. The molecule has 2 aliphatic heterocycles. The second kappa shape index (κ2) is 6.25. The SMILES string of the molecule is c1ccc2c(c1)Cc1c-2ccc2c1-c1ccc3c(c1C2)Cc1nccc2c1N3c1ccncc1C2. The molecule has 0 N–H and O–H groups in total. The molecule has 0 unspecified atom stereocenters. The number of benzene rings is 3. The predicted octanol–water partition coefficient (Wildman–Crippen LogP) is 6.90. The summed E-state index contributed by atoms with van der Waals surface area (Å²) < 4.78 is 0. The Kier molecular flexibility index (Phi) is 3.24. The number of fused-ring (bicyclic) bond motifs is 12. The van der Waals surface area contributed by atoms with Crippen molar-refractivity contribution in [1.82, 2.24) is 9.97 Å². The highest BCUT2D eigenvalue weighted by Gasteiger charge is 2.36. The van der Waals surface area contributed by atoms with Gasteiger partial charge in [-0.25, -0.2) is 0 Å². The molecule has 2 aliphatic carbocycles. The van der Waals surface area contributed by atoms with Crippen molar-refractivity contribution in [3.8, 4) is 22.3 Å². The first-order valence-corrected chi connectivity index (χ1v) is 12.4. The van der Waals surface area contributed by atoms with Crippen molar-refractivity contribution in [3.05, 3.63) is 124 Å². The van der Waals surface area contributed by atoms with Gasteiger partial charge in [0.2, 0.25) is 0 Å². The van der Waals surface area contributed by atoms with Gasteiger partial charge in [-0.2, -0.15) is 0 Å². The third-order valence-electron chi connectivity index (χ3n) is 8.51. The van der Waals surface area contributed by atoms with E-state index in [0.29, 0.717) is 0 Å². The maximum Gasteiger partial charge on any atom is 0.0716 e. The summed E-state index contributed by atoms with van der Waals surface area (Å²) in [6.45, 7) is 0. The zero-order valence-electron chi connectivity index (χ0n) is 19.2. The molecule has 0 spiro atoms. The Morgan fingerprint density at radius 2 is 1.49 bits per heavy atom. The third kappa shape index (κ3) is 2.21. The minimum atomic E-state index is 0.898. The van der Waals surface area contributed by atoms with Crippen molar-refractivity contribution in [3.63, 3.8) is 0 Å². The second-order valence-electron chi connectivity index (χ2n) is 10.2. The summed E-state index contributed by atoms with van der Waals surface area (Å²) in [4.78, 5) is 11.8. The molecule has 9 rings (SSSR count). The summed E-state index contributed by atoms with van der Waals surface area (Å²) in [5.74, 6) is 0. The summed E-state index contributed by atoms with van der Waals surface area (Å²) in [5, 5.41) is 0. The lowest BCUT2D eigenvalue weighted by Crippen LogP contribution is -2.26. The van der Waals surface area contributed by atoms with E-state index in [1.165, 1.54) is 84.0 Å². The normalized spacial score (nSPS) is 14.9. The Hall–Kier alpha value is -4.24. The quantitative estimate of drug-likeness (QED) is 0.253. The first kappa shape index (κ1) is 18.1. The number of nitrogens with zero attached hydrogens (tertiary/aromatic N) is 3. The Balaban J connectivity index is 1.28. The number of hydrogen-bond acceptors (Lipinski definition) is 3. The number of aromatic nitrogens is 2. The molecule has 3 nitrogen and oxygen atoms in total. The molecular weight excluding hydrogens is 426 g/mol. The Bertz CT molecular complexity index is 1760. The van der Waals surface area contributed by atoms with Gasteiger partial charge in [-0.1, -0.05) is 42.5 Å².